The first kappa shape index (κ1) is 13.8. The van der Waals surface area contributed by atoms with E-state index in [1.807, 2.05) is 0 Å². The number of aldehydes is 1. The summed E-state index contributed by atoms with van der Waals surface area (Å²) in [6, 6.07) is 3.38. The summed E-state index contributed by atoms with van der Waals surface area (Å²) in [4.78, 5) is 15.0. The minimum Gasteiger partial charge on any atom is -0.481 e. The largest absolute Gasteiger partial charge is 0.481 e. The van der Waals surface area contributed by atoms with Crippen LogP contribution in [0.1, 0.15) is 40.8 Å². The van der Waals surface area contributed by atoms with E-state index in [0.29, 0.717) is 32.1 Å². The molecule has 7 heteroatoms. The lowest BCUT2D eigenvalue weighted by Crippen LogP contribution is -1.98. The first-order chi connectivity index (χ1) is 9.67. The maximum atomic E-state index is 10.8. The zero-order valence-electron chi connectivity index (χ0n) is 10.3. The fourth-order valence-electron chi connectivity index (χ4n) is 1.75. The Labute approximate surface area is 132 Å². The summed E-state index contributed by atoms with van der Waals surface area (Å²) in [7, 11) is 0. The number of nitrogens with zero attached hydrogens (tertiary/aromatic N) is 2. The Morgan fingerprint density at radius 1 is 1.35 bits per heavy atom. The van der Waals surface area contributed by atoms with E-state index in [2.05, 4.69) is 42.0 Å². The summed E-state index contributed by atoms with van der Waals surface area (Å²) < 4.78 is 12.2. The topological polar surface area (TPSA) is 65.2 Å². The summed E-state index contributed by atoms with van der Waals surface area (Å²) >= 11 is 6.74. The molecule has 20 heavy (non-hydrogen) atoms. The van der Waals surface area contributed by atoms with E-state index in [0.717, 1.165) is 25.0 Å². The van der Waals surface area contributed by atoms with Gasteiger partial charge in [-0.25, -0.2) is 0 Å². The molecule has 0 unspecified atom stereocenters. The van der Waals surface area contributed by atoms with Gasteiger partial charge in [-0.05, 0) is 56.8 Å². The van der Waals surface area contributed by atoms with Gasteiger partial charge in [0.25, 0.3) is 5.89 Å². The number of carbonyl (C=O) groups is 1. The Bertz CT molecular complexity index is 630. The zero-order valence-corrected chi connectivity index (χ0v) is 13.5. The molecule has 1 fully saturated rings. The molecular weight excluding hydrogens is 392 g/mol. The van der Waals surface area contributed by atoms with Gasteiger partial charge in [0.05, 0.1) is 8.95 Å². The predicted octanol–water partition coefficient (Wildman–Crippen LogP) is 3.86. The van der Waals surface area contributed by atoms with Crippen molar-refractivity contribution in [3.8, 4) is 5.75 Å². The van der Waals surface area contributed by atoms with Crippen LogP contribution in [0.5, 0.6) is 5.75 Å². The summed E-state index contributed by atoms with van der Waals surface area (Å²) in [5.74, 6) is 2.27. The minimum atomic E-state index is 0.192. The van der Waals surface area contributed by atoms with Crippen LogP contribution in [0.4, 0.5) is 0 Å². The second-order valence-electron chi connectivity index (χ2n) is 4.54. The van der Waals surface area contributed by atoms with Crippen LogP contribution in [-0.4, -0.2) is 16.4 Å². The molecule has 0 N–H and O–H groups in total. The van der Waals surface area contributed by atoms with E-state index in [-0.39, 0.29) is 6.61 Å². The molecule has 5 nitrogen and oxygen atoms in total. The maximum Gasteiger partial charge on any atom is 0.264 e. The standard InChI is InChI=1S/C13H10Br2N2O3/c14-9-3-7(5-18)4-10(15)12(9)19-6-11-16-13(17-20-11)8-1-2-8/h3-5,8H,1-2,6H2. The van der Waals surface area contributed by atoms with Crippen molar-refractivity contribution in [1.29, 1.82) is 0 Å². The molecule has 0 amide bonds. The maximum absolute atomic E-state index is 10.8. The Hall–Kier alpha value is -1.21. The molecule has 0 spiro atoms. The molecular formula is C13H10Br2N2O3. The quantitative estimate of drug-likeness (QED) is 0.711. The van der Waals surface area contributed by atoms with E-state index in [9.17, 15) is 4.79 Å². The van der Waals surface area contributed by atoms with E-state index in [1.165, 1.54) is 0 Å². The smallest absolute Gasteiger partial charge is 0.264 e. The van der Waals surface area contributed by atoms with Crippen LogP contribution in [0.25, 0.3) is 0 Å². The molecule has 0 aliphatic heterocycles. The Morgan fingerprint density at radius 3 is 2.65 bits per heavy atom. The van der Waals surface area contributed by atoms with E-state index in [1.54, 1.807) is 12.1 Å². The third-order valence-electron chi connectivity index (χ3n) is 2.92. The molecule has 1 aliphatic carbocycles. The number of hydrogen-bond acceptors (Lipinski definition) is 5. The van der Waals surface area contributed by atoms with Crippen molar-refractivity contribution in [3.05, 3.63) is 38.4 Å². The molecule has 1 aliphatic rings. The second kappa shape index (κ2) is 5.65. The van der Waals surface area contributed by atoms with Crippen molar-refractivity contribution in [2.45, 2.75) is 25.4 Å². The van der Waals surface area contributed by atoms with Crippen LogP contribution in [0.15, 0.2) is 25.6 Å². The van der Waals surface area contributed by atoms with Crippen molar-refractivity contribution >= 4 is 38.1 Å². The number of halogens is 2. The zero-order chi connectivity index (χ0) is 14.1. The van der Waals surface area contributed by atoms with Gasteiger partial charge < -0.3 is 9.26 Å². The van der Waals surface area contributed by atoms with Crippen LogP contribution in [0.2, 0.25) is 0 Å². The van der Waals surface area contributed by atoms with Gasteiger partial charge in [-0.1, -0.05) is 5.16 Å². The molecule has 1 heterocycles. The van der Waals surface area contributed by atoms with E-state index in [4.69, 9.17) is 9.26 Å². The number of benzene rings is 1. The number of aromatic nitrogens is 2. The van der Waals surface area contributed by atoms with Crippen LogP contribution in [-0.2, 0) is 6.61 Å². The lowest BCUT2D eigenvalue weighted by Gasteiger charge is -2.08. The number of ether oxygens (including phenoxy) is 1. The first-order valence-corrected chi connectivity index (χ1v) is 7.65. The SMILES string of the molecule is O=Cc1cc(Br)c(OCc2nc(C3CC3)no2)c(Br)c1. The highest BCUT2D eigenvalue weighted by atomic mass is 79.9. The lowest BCUT2D eigenvalue weighted by molar-refractivity contribution is 0.112. The van der Waals surface area contributed by atoms with Crippen LogP contribution in [0.3, 0.4) is 0 Å². The van der Waals surface area contributed by atoms with Gasteiger partial charge in [-0.3, -0.25) is 4.79 Å². The third-order valence-corrected chi connectivity index (χ3v) is 4.10. The summed E-state index contributed by atoms with van der Waals surface area (Å²) in [5.41, 5.74) is 0.560. The van der Waals surface area contributed by atoms with Gasteiger partial charge in [0, 0.05) is 11.5 Å². The Kier molecular flexibility index (Phi) is 3.89. The Balaban J connectivity index is 1.72. The molecule has 104 valence electrons. The molecule has 1 aromatic heterocycles. The van der Waals surface area contributed by atoms with Crippen molar-refractivity contribution in [2.24, 2.45) is 0 Å². The Morgan fingerprint density at radius 2 is 2.05 bits per heavy atom. The average molecular weight is 402 g/mol. The fourth-order valence-corrected chi connectivity index (χ4v) is 3.20. The van der Waals surface area contributed by atoms with Crippen molar-refractivity contribution in [3.63, 3.8) is 0 Å². The van der Waals surface area contributed by atoms with Gasteiger partial charge in [-0.15, -0.1) is 0 Å². The third kappa shape index (κ3) is 2.93. The van der Waals surface area contributed by atoms with Crippen molar-refractivity contribution in [1.82, 2.24) is 10.1 Å². The molecule has 1 aromatic carbocycles. The lowest BCUT2D eigenvalue weighted by atomic mass is 10.2. The monoisotopic (exact) mass is 400 g/mol. The van der Waals surface area contributed by atoms with E-state index >= 15 is 0 Å². The molecule has 3 rings (SSSR count). The fraction of sp³-hybridized carbons (Fsp3) is 0.308. The minimum absolute atomic E-state index is 0.192. The number of carbonyl (C=O) groups excluding carboxylic acids is 1. The van der Waals surface area contributed by atoms with Crippen molar-refractivity contribution < 1.29 is 14.1 Å². The predicted molar refractivity (Wildman–Crippen MR) is 77.8 cm³/mol. The highest BCUT2D eigenvalue weighted by molar-refractivity contribution is 9.11. The molecule has 0 radical (unpaired) electrons. The highest BCUT2D eigenvalue weighted by Gasteiger charge is 2.28. The number of rotatable bonds is 5. The van der Waals surface area contributed by atoms with Gasteiger partial charge in [-0.2, -0.15) is 4.98 Å². The molecule has 1 saturated carbocycles. The van der Waals surface area contributed by atoms with Gasteiger partial charge in [0.15, 0.2) is 12.4 Å². The summed E-state index contributed by atoms with van der Waals surface area (Å²) in [6.45, 7) is 0.192. The molecule has 0 bridgehead atoms. The second-order valence-corrected chi connectivity index (χ2v) is 6.25. The van der Waals surface area contributed by atoms with E-state index < -0.39 is 0 Å². The average Bonchev–Trinajstić information content (AvgIpc) is 3.17. The van der Waals surface area contributed by atoms with Gasteiger partial charge in [0.1, 0.15) is 12.0 Å². The van der Waals surface area contributed by atoms with Gasteiger partial charge in [0.2, 0.25) is 0 Å². The van der Waals surface area contributed by atoms with Crippen LogP contribution >= 0.6 is 31.9 Å². The normalized spacial score (nSPS) is 14.3. The number of hydrogen-bond donors (Lipinski definition) is 0. The van der Waals surface area contributed by atoms with Crippen LogP contribution in [0, 0.1) is 0 Å². The molecule has 2 aromatic rings. The first-order valence-electron chi connectivity index (χ1n) is 6.07. The summed E-state index contributed by atoms with van der Waals surface area (Å²) in [6.07, 6.45) is 3.04. The van der Waals surface area contributed by atoms with Crippen molar-refractivity contribution in [2.75, 3.05) is 0 Å². The summed E-state index contributed by atoms with van der Waals surface area (Å²) in [5, 5.41) is 3.93. The van der Waals surface area contributed by atoms with Crippen LogP contribution < -0.4 is 4.74 Å². The molecule has 0 atom stereocenters. The van der Waals surface area contributed by atoms with Gasteiger partial charge >= 0.3 is 0 Å². The highest BCUT2D eigenvalue weighted by Crippen LogP contribution is 2.38. The molecule has 0 saturated heterocycles.